The first kappa shape index (κ1) is 7.67. The number of aromatic amines is 1. The first-order chi connectivity index (χ1) is 6.16. The van der Waals surface area contributed by atoms with Gasteiger partial charge in [-0.2, -0.15) is 0 Å². The summed E-state index contributed by atoms with van der Waals surface area (Å²) in [5, 5.41) is 19.0. The molecule has 2 rings (SSSR count). The van der Waals surface area contributed by atoms with Crippen molar-refractivity contribution in [3.63, 3.8) is 0 Å². The Morgan fingerprint density at radius 1 is 1.15 bits per heavy atom. The fourth-order valence-corrected chi connectivity index (χ4v) is 1.24. The highest BCUT2D eigenvalue weighted by Gasteiger charge is 2.01. The molecule has 0 aliphatic rings. The Bertz CT molecular complexity index is 516. The van der Waals surface area contributed by atoms with Crippen LogP contribution in [0.1, 0.15) is 0 Å². The van der Waals surface area contributed by atoms with Crippen LogP contribution in [-0.4, -0.2) is 15.2 Å². The molecule has 66 valence electrons. The zero-order valence-electron chi connectivity index (χ0n) is 6.61. The minimum atomic E-state index is -0.266. The molecular formula is C9H7NO3. The van der Waals surface area contributed by atoms with Gasteiger partial charge in [-0.05, 0) is 6.07 Å². The third-order valence-corrected chi connectivity index (χ3v) is 1.80. The van der Waals surface area contributed by atoms with Crippen molar-refractivity contribution in [2.45, 2.75) is 0 Å². The van der Waals surface area contributed by atoms with Crippen LogP contribution in [-0.2, 0) is 0 Å². The van der Waals surface area contributed by atoms with E-state index in [0.29, 0.717) is 10.9 Å². The van der Waals surface area contributed by atoms with Crippen LogP contribution in [0.5, 0.6) is 11.5 Å². The lowest BCUT2D eigenvalue weighted by Crippen LogP contribution is -2.01. The quantitative estimate of drug-likeness (QED) is 0.560. The van der Waals surface area contributed by atoms with Crippen LogP contribution >= 0.6 is 0 Å². The van der Waals surface area contributed by atoms with E-state index >= 15 is 0 Å². The number of aromatic nitrogens is 1. The van der Waals surface area contributed by atoms with Gasteiger partial charge in [0.2, 0.25) is 5.56 Å². The molecule has 1 heterocycles. The van der Waals surface area contributed by atoms with Crippen molar-refractivity contribution in [3.05, 3.63) is 34.6 Å². The van der Waals surface area contributed by atoms with Gasteiger partial charge in [0.25, 0.3) is 0 Å². The van der Waals surface area contributed by atoms with Crippen molar-refractivity contribution in [1.29, 1.82) is 0 Å². The SMILES string of the molecule is O=c1ccc2c(O)cc(O)cc2[nH]1. The number of hydrogen-bond acceptors (Lipinski definition) is 3. The molecule has 4 heteroatoms. The maximum absolute atomic E-state index is 10.9. The lowest BCUT2D eigenvalue weighted by atomic mass is 10.2. The van der Waals surface area contributed by atoms with Gasteiger partial charge in [0.1, 0.15) is 11.5 Å². The maximum Gasteiger partial charge on any atom is 0.248 e. The summed E-state index contributed by atoms with van der Waals surface area (Å²) in [6, 6.07) is 5.43. The minimum Gasteiger partial charge on any atom is -0.508 e. The molecule has 1 aromatic heterocycles. The molecule has 4 nitrogen and oxygen atoms in total. The Hall–Kier alpha value is -1.97. The molecule has 3 N–H and O–H groups in total. The number of aromatic hydroxyl groups is 2. The van der Waals surface area contributed by atoms with E-state index in [1.807, 2.05) is 0 Å². The molecule has 0 unspecified atom stereocenters. The second-order valence-electron chi connectivity index (χ2n) is 2.75. The van der Waals surface area contributed by atoms with Gasteiger partial charge < -0.3 is 15.2 Å². The van der Waals surface area contributed by atoms with E-state index in [1.165, 1.54) is 24.3 Å². The number of H-pyrrole nitrogens is 1. The van der Waals surface area contributed by atoms with Crippen LogP contribution in [0, 0.1) is 0 Å². The first-order valence-electron chi connectivity index (χ1n) is 3.72. The molecular weight excluding hydrogens is 170 g/mol. The second kappa shape index (κ2) is 2.52. The molecule has 0 bridgehead atoms. The molecule has 0 aliphatic heterocycles. The molecule has 0 saturated carbocycles. The Morgan fingerprint density at radius 3 is 2.69 bits per heavy atom. The monoisotopic (exact) mass is 177 g/mol. The van der Waals surface area contributed by atoms with Crippen molar-refractivity contribution in [1.82, 2.24) is 4.98 Å². The third kappa shape index (κ3) is 1.22. The number of rotatable bonds is 0. The molecule has 2 aromatic rings. The number of phenols is 2. The molecule has 1 aromatic carbocycles. The maximum atomic E-state index is 10.9. The number of fused-ring (bicyclic) bond motifs is 1. The van der Waals surface area contributed by atoms with Crippen molar-refractivity contribution in [2.24, 2.45) is 0 Å². The Morgan fingerprint density at radius 2 is 1.92 bits per heavy atom. The summed E-state index contributed by atoms with van der Waals surface area (Å²) in [7, 11) is 0. The summed E-state index contributed by atoms with van der Waals surface area (Å²) in [6.45, 7) is 0. The zero-order valence-corrected chi connectivity index (χ0v) is 6.61. The van der Waals surface area contributed by atoms with E-state index in [1.54, 1.807) is 0 Å². The average Bonchev–Trinajstić information content (AvgIpc) is 2.02. The summed E-state index contributed by atoms with van der Waals surface area (Å²) in [5.41, 5.74) is 0.155. The number of pyridine rings is 1. The minimum absolute atomic E-state index is 0.0498. The van der Waals surface area contributed by atoms with Gasteiger partial charge in [-0.15, -0.1) is 0 Å². The standard InChI is InChI=1S/C9H7NO3/c11-5-3-7-6(8(12)4-5)1-2-9(13)10-7/h1-4,11-12H,(H,10,13). The number of benzene rings is 1. The van der Waals surface area contributed by atoms with Crippen LogP contribution in [0.15, 0.2) is 29.1 Å². The lowest BCUT2D eigenvalue weighted by Gasteiger charge is -2.00. The number of hydrogen-bond donors (Lipinski definition) is 3. The van der Waals surface area contributed by atoms with E-state index in [2.05, 4.69) is 4.98 Å². The van der Waals surface area contributed by atoms with Gasteiger partial charge in [-0.25, -0.2) is 0 Å². The van der Waals surface area contributed by atoms with Crippen LogP contribution in [0.25, 0.3) is 10.9 Å². The van der Waals surface area contributed by atoms with Gasteiger partial charge in [-0.3, -0.25) is 4.79 Å². The molecule has 0 amide bonds. The fourth-order valence-electron chi connectivity index (χ4n) is 1.24. The number of phenolic OH excluding ortho intramolecular Hbond substituents is 2. The largest absolute Gasteiger partial charge is 0.508 e. The van der Waals surface area contributed by atoms with Crippen molar-refractivity contribution in [2.75, 3.05) is 0 Å². The smallest absolute Gasteiger partial charge is 0.248 e. The molecule has 0 spiro atoms. The third-order valence-electron chi connectivity index (χ3n) is 1.80. The summed E-state index contributed by atoms with van der Waals surface area (Å²) in [4.78, 5) is 13.4. The number of nitrogens with one attached hydrogen (secondary N) is 1. The van der Waals surface area contributed by atoms with Gasteiger partial charge in [0, 0.05) is 23.6 Å². The van der Waals surface area contributed by atoms with Crippen molar-refractivity contribution >= 4 is 10.9 Å². The van der Waals surface area contributed by atoms with Gasteiger partial charge in [0.05, 0.1) is 5.52 Å². The predicted octanol–water partition coefficient (Wildman–Crippen LogP) is 0.939. The lowest BCUT2D eigenvalue weighted by molar-refractivity contribution is 0.455. The van der Waals surface area contributed by atoms with E-state index in [9.17, 15) is 9.90 Å². The van der Waals surface area contributed by atoms with Crippen molar-refractivity contribution < 1.29 is 10.2 Å². The summed E-state index contributed by atoms with van der Waals surface area (Å²) in [6.07, 6.45) is 0. The van der Waals surface area contributed by atoms with Crippen molar-refractivity contribution in [3.8, 4) is 11.5 Å². The second-order valence-corrected chi connectivity index (χ2v) is 2.75. The first-order valence-corrected chi connectivity index (χ1v) is 3.72. The van der Waals surface area contributed by atoms with Crippen LogP contribution in [0.3, 0.4) is 0 Å². The Labute approximate surface area is 73.1 Å². The Balaban J connectivity index is 2.94. The highest BCUT2D eigenvalue weighted by Crippen LogP contribution is 2.26. The molecule has 0 atom stereocenters. The van der Waals surface area contributed by atoms with E-state index < -0.39 is 0 Å². The van der Waals surface area contributed by atoms with E-state index in [-0.39, 0.29) is 17.1 Å². The molecule has 0 saturated heterocycles. The summed E-state index contributed by atoms with van der Waals surface area (Å²) in [5.74, 6) is -0.127. The molecule has 0 radical (unpaired) electrons. The van der Waals surface area contributed by atoms with E-state index in [4.69, 9.17) is 5.11 Å². The summed E-state index contributed by atoms with van der Waals surface area (Å²) < 4.78 is 0. The van der Waals surface area contributed by atoms with Crippen LogP contribution < -0.4 is 5.56 Å². The zero-order chi connectivity index (χ0) is 9.42. The van der Waals surface area contributed by atoms with Gasteiger partial charge in [0.15, 0.2) is 0 Å². The fraction of sp³-hybridized carbons (Fsp3) is 0. The molecule has 13 heavy (non-hydrogen) atoms. The van der Waals surface area contributed by atoms with Crippen LogP contribution in [0.2, 0.25) is 0 Å². The van der Waals surface area contributed by atoms with E-state index in [0.717, 1.165) is 0 Å². The van der Waals surface area contributed by atoms with Gasteiger partial charge in [-0.1, -0.05) is 0 Å². The molecule has 0 aliphatic carbocycles. The normalized spacial score (nSPS) is 10.5. The van der Waals surface area contributed by atoms with Gasteiger partial charge >= 0.3 is 0 Å². The topological polar surface area (TPSA) is 73.3 Å². The van der Waals surface area contributed by atoms with Crippen LogP contribution in [0.4, 0.5) is 0 Å². The highest BCUT2D eigenvalue weighted by atomic mass is 16.3. The molecule has 0 fully saturated rings. The Kier molecular flexibility index (Phi) is 1.48. The predicted molar refractivity (Wildman–Crippen MR) is 47.9 cm³/mol. The summed E-state index contributed by atoms with van der Waals surface area (Å²) >= 11 is 0. The highest BCUT2D eigenvalue weighted by molar-refractivity contribution is 5.85. The average molecular weight is 177 g/mol.